The molecule has 2 aromatic rings. The van der Waals surface area contributed by atoms with E-state index in [1.807, 2.05) is 0 Å². The lowest BCUT2D eigenvalue weighted by molar-refractivity contribution is 0.0687. The molecule has 0 unspecified atom stereocenters. The lowest BCUT2D eigenvalue weighted by atomic mass is 10.4. The Labute approximate surface area is 79.2 Å². The van der Waals surface area contributed by atoms with Crippen LogP contribution in [0.3, 0.4) is 0 Å². The molecule has 2 N–H and O–H groups in total. The molecule has 0 aliphatic rings. The SMILES string of the molecule is Cn1c(C(=O)O)cc2oc(CO)cc21. The molecule has 0 saturated carbocycles. The number of nitrogens with zero attached hydrogens (tertiary/aromatic N) is 1. The van der Waals surface area contributed by atoms with Gasteiger partial charge in [-0.1, -0.05) is 0 Å². The fourth-order valence-electron chi connectivity index (χ4n) is 1.45. The smallest absolute Gasteiger partial charge is 0.352 e. The molecule has 0 radical (unpaired) electrons. The van der Waals surface area contributed by atoms with E-state index in [0.717, 1.165) is 0 Å². The van der Waals surface area contributed by atoms with E-state index in [1.54, 1.807) is 13.1 Å². The minimum Gasteiger partial charge on any atom is -0.477 e. The van der Waals surface area contributed by atoms with Gasteiger partial charge in [0.15, 0.2) is 5.58 Å². The van der Waals surface area contributed by atoms with Gasteiger partial charge in [-0.2, -0.15) is 0 Å². The van der Waals surface area contributed by atoms with Crippen LogP contribution in [0.15, 0.2) is 16.5 Å². The van der Waals surface area contributed by atoms with Crippen LogP contribution in [0.1, 0.15) is 16.2 Å². The number of hydrogen-bond acceptors (Lipinski definition) is 3. The molecule has 0 fully saturated rings. The van der Waals surface area contributed by atoms with Crippen molar-refractivity contribution in [3.63, 3.8) is 0 Å². The van der Waals surface area contributed by atoms with Gasteiger partial charge in [0, 0.05) is 19.2 Å². The first-order chi connectivity index (χ1) is 6.63. The van der Waals surface area contributed by atoms with Crippen LogP contribution in [-0.4, -0.2) is 20.7 Å². The molecular weight excluding hydrogens is 186 g/mol. The number of aromatic nitrogens is 1. The molecule has 5 nitrogen and oxygen atoms in total. The van der Waals surface area contributed by atoms with Crippen LogP contribution < -0.4 is 0 Å². The molecule has 2 rings (SSSR count). The average molecular weight is 195 g/mol. The van der Waals surface area contributed by atoms with Crippen molar-refractivity contribution in [3.8, 4) is 0 Å². The molecule has 0 spiro atoms. The second kappa shape index (κ2) is 2.88. The van der Waals surface area contributed by atoms with E-state index in [1.165, 1.54) is 10.6 Å². The van der Waals surface area contributed by atoms with Gasteiger partial charge < -0.3 is 19.2 Å². The van der Waals surface area contributed by atoms with Crippen LogP contribution in [0.25, 0.3) is 11.1 Å². The number of furan rings is 1. The van der Waals surface area contributed by atoms with E-state index in [2.05, 4.69) is 0 Å². The summed E-state index contributed by atoms with van der Waals surface area (Å²) in [5.74, 6) is -0.563. The Balaban J connectivity index is 2.66. The molecule has 0 aliphatic heterocycles. The van der Waals surface area contributed by atoms with Crippen molar-refractivity contribution in [2.75, 3.05) is 0 Å². The maximum atomic E-state index is 10.7. The maximum Gasteiger partial charge on any atom is 0.352 e. The topological polar surface area (TPSA) is 75.6 Å². The lowest BCUT2D eigenvalue weighted by Gasteiger charge is -1.95. The molecule has 0 aromatic carbocycles. The number of carboxylic acid groups (broad SMARTS) is 1. The van der Waals surface area contributed by atoms with Gasteiger partial charge in [0.05, 0.1) is 5.52 Å². The van der Waals surface area contributed by atoms with Gasteiger partial charge in [-0.15, -0.1) is 0 Å². The van der Waals surface area contributed by atoms with Gasteiger partial charge in [0.25, 0.3) is 0 Å². The summed E-state index contributed by atoms with van der Waals surface area (Å²) in [7, 11) is 1.64. The number of carbonyl (C=O) groups is 1. The monoisotopic (exact) mass is 195 g/mol. The highest BCUT2D eigenvalue weighted by Crippen LogP contribution is 2.22. The molecule has 14 heavy (non-hydrogen) atoms. The van der Waals surface area contributed by atoms with Crippen LogP contribution in [0.4, 0.5) is 0 Å². The number of aliphatic hydroxyl groups excluding tert-OH is 1. The number of fused-ring (bicyclic) bond motifs is 1. The normalized spacial score (nSPS) is 11.0. The first-order valence-corrected chi connectivity index (χ1v) is 4.05. The average Bonchev–Trinajstić information content (AvgIpc) is 2.65. The van der Waals surface area contributed by atoms with E-state index in [0.29, 0.717) is 16.9 Å². The number of aliphatic hydroxyl groups is 1. The lowest BCUT2D eigenvalue weighted by Crippen LogP contribution is -2.03. The zero-order chi connectivity index (χ0) is 10.3. The van der Waals surface area contributed by atoms with Gasteiger partial charge in [-0.25, -0.2) is 4.79 Å². The van der Waals surface area contributed by atoms with E-state index in [4.69, 9.17) is 14.6 Å². The third-order valence-corrected chi connectivity index (χ3v) is 2.16. The van der Waals surface area contributed by atoms with E-state index < -0.39 is 5.97 Å². The summed E-state index contributed by atoms with van der Waals surface area (Å²) in [5, 5.41) is 17.6. The van der Waals surface area contributed by atoms with Crippen molar-refractivity contribution in [1.82, 2.24) is 4.57 Å². The number of hydrogen-bond donors (Lipinski definition) is 2. The zero-order valence-corrected chi connectivity index (χ0v) is 7.52. The molecule has 0 saturated heterocycles. The second-order valence-electron chi connectivity index (χ2n) is 3.01. The molecule has 0 bridgehead atoms. The molecular formula is C9H9NO4. The van der Waals surface area contributed by atoms with Crippen LogP contribution in [0.5, 0.6) is 0 Å². The predicted molar refractivity (Wildman–Crippen MR) is 48.1 cm³/mol. The number of carboxylic acids is 1. The number of rotatable bonds is 2. The standard InChI is InChI=1S/C9H9NO4/c1-10-6-2-5(4-11)14-8(6)3-7(10)9(12)13/h2-3,11H,4H2,1H3,(H,12,13). The van der Waals surface area contributed by atoms with Crippen molar-refractivity contribution < 1.29 is 19.4 Å². The summed E-state index contributed by atoms with van der Waals surface area (Å²) in [6.07, 6.45) is 0. The Morgan fingerprint density at radius 2 is 2.29 bits per heavy atom. The minimum atomic E-state index is -0.996. The summed E-state index contributed by atoms with van der Waals surface area (Å²) in [4.78, 5) is 10.7. The van der Waals surface area contributed by atoms with E-state index in [9.17, 15) is 4.79 Å². The van der Waals surface area contributed by atoms with E-state index in [-0.39, 0.29) is 12.3 Å². The first kappa shape index (κ1) is 8.83. The molecule has 0 amide bonds. The number of aromatic carboxylic acids is 1. The zero-order valence-electron chi connectivity index (χ0n) is 7.52. The fraction of sp³-hybridized carbons (Fsp3) is 0.222. The summed E-state index contributed by atoms with van der Waals surface area (Å²) < 4.78 is 6.71. The van der Waals surface area contributed by atoms with Crippen LogP contribution in [-0.2, 0) is 13.7 Å². The third kappa shape index (κ3) is 1.10. The Kier molecular flexibility index (Phi) is 1.82. The highest BCUT2D eigenvalue weighted by molar-refractivity contribution is 5.92. The van der Waals surface area contributed by atoms with Crippen molar-refractivity contribution >= 4 is 17.1 Å². The Hall–Kier alpha value is -1.75. The van der Waals surface area contributed by atoms with Gasteiger partial charge in [0.2, 0.25) is 0 Å². The summed E-state index contributed by atoms with van der Waals surface area (Å²) >= 11 is 0. The van der Waals surface area contributed by atoms with Gasteiger partial charge in [-0.3, -0.25) is 0 Å². The predicted octanol–water partition coefficient (Wildman–Crippen LogP) is 0.962. The van der Waals surface area contributed by atoms with Gasteiger partial charge >= 0.3 is 5.97 Å². The summed E-state index contributed by atoms with van der Waals surface area (Å²) in [6, 6.07) is 3.07. The number of aryl methyl sites for hydroxylation is 1. The van der Waals surface area contributed by atoms with Crippen LogP contribution in [0, 0.1) is 0 Å². The quantitative estimate of drug-likeness (QED) is 0.748. The summed E-state index contributed by atoms with van der Waals surface area (Å²) in [5.41, 5.74) is 1.32. The van der Waals surface area contributed by atoms with Crippen molar-refractivity contribution in [3.05, 3.63) is 23.6 Å². The Bertz CT molecular complexity index is 494. The highest BCUT2D eigenvalue weighted by Gasteiger charge is 2.15. The molecule has 2 heterocycles. The summed E-state index contributed by atoms with van der Waals surface area (Å²) in [6.45, 7) is -0.183. The fourth-order valence-corrected chi connectivity index (χ4v) is 1.45. The van der Waals surface area contributed by atoms with Crippen molar-refractivity contribution in [2.24, 2.45) is 7.05 Å². The van der Waals surface area contributed by atoms with Crippen LogP contribution in [0.2, 0.25) is 0 Å². The highest BCUT2D eigenvalue weighted by atomic mass is 16.4. The largest absolute Gasteiger partial charge is 0.477 e. The molecule has 0 aliphatic carbocycles. The van der Waals surface area contributed by atoms with Crippen molar-refractivity contribution in [2.45, 2.75) is 6.61 Å². The molecule has 5 heteroatoms. The molecule has 0 atom stereocenters. The van der Waals surface area contributed by atoms with Crippen molar-refractivity contribution in [1.29, 1.82) is 0 Å². The van der Waals surface area contributed by atoms with Gasteiger partial charge in [0.1, 0.15) is 18.1 Å². The van der Waals surface area contributed by atoms with Gasteiger partial charge in [-0.05, 0) is 0 Å². The maximum absolute atomic E-state index is 10.7. The first-order valence-electron chi connectivity index (χ1n) is 4.05. The Morgan fingerprint density at radius 3 is 2.79 bits per heavy atom. The Morgan fingerprint density at radius 1 is 1.57 bits per heavy atom. The minimum absolute atomic E-state index is 0.170. The molecule has 74 valence electrons. The second-order valence-corrected chi connectivity index (χ2v) is 3.01. The molecule has 2 aromatic heterocycles. The van der Waals surface area contributed by atoms with Crippen LogP contribution >= 0.6 is 0 Å². The van der Waals surface area contributed by atoms with E-state index >= 15 is 0 Å². The third-order valence-electron chi connectivity index (χ3n) is 2.16.